The molecule has 3 aliphatic carbocycles. The van der Waals surface area contributed by atoms with Crippen molar-refractivity contribution in [2.45, 2.75) is 75.9 Å². The summed E-state index contributed by atoms with van der Waals surface area (Å²) in [7, 11) is 0. The number of hydrogen-bond donors (Lipinski definition) is 1. The van der Waals surface area contributed by atoms with E-state index in [-0.39, 0.29) is 0 Å². The molecule has 0 aromatic heterocycles. The van der Waals surface area contributed by atoms with E-state index in [9.17, 15) is 0 Å². The molecule has 2 heteroatoms. The molecule has 2 nitrogen and oxygen atoms in total. The first-order valence-electron chi connectivity index (χ1n) is 8.72. The van der Waals surface area contributed by atoms with Gasteiger partial charge in [0.15, 0.2) is 0 Å². The average Bonchev–Trinajstić information content (AvgIpc) is 3.10. The van der Waals surface area contributed by atoms with Gasteiger partial charge in [-0.15, -0.1) is 0 Å². The largest absolute Gasteiger partial charge is 0.375 e. The zero-order chi connectivity index (χ0) is 12.7. The van der Waals surface area contributed by atoms with Crippen LogP contribution >= 0.6 is 0 Å². The van der Waals surface area contributed by atoms with Crippen LogP contribution in [0.25, 0.3) is 0 Å². The Morgan fingerprint density at radius 3 is 2.53 bits per heavy atom. The second kappa shape index (κ2) is 5.04. The third-order valence-electron chi connectivity index (χ3n) is 6.37. The van der Waals surface area contributed by atoms with Gasteiger partial charge in [-0.1, -0.05) is 12.8 Å². The smallest absolute Gasteiger partial charge is 0.0685 e. The van der Waals surface area contributed by atoms with Crippen molar-refractivity contribution in [3.05, 3.63) is 0 Å². The second-order valence-electron chi connectivity index (χ2n) is 7.68. The van der Waals surface area contributed by atoms with Gasteiger partial charge in [-0.25, -0.2) is 0 Å². The lowest BCUT2D eigenvalue weighted by atomic mass is 9.63. The fraction of sp³-hybridized carbons (Fsp3) is 1.00. The van der Waals surface area contributed by atoms with Gasteiger partial charge in [0.1, 0.15) is 0 Å². The molecule has 3 saturated carbocycles. The third kappa shape index (κ3) is 2.58. The summed E-state index contributed by atoms with van der Waals surface area (Å²) >= 11 is 0. The normalized spacial score (nSPS) is 41.4. The summed E-state index contributed by atoms with van der Waals surface area (Å²) in [6.07, 6.45) is 14.1. The van der Waals surface area contributed by atoms with Gasteiger partial charge in [-0.2, -0.15) is 0 Å². The summed E-state index contributed by atoms with van der Waals surface area (Å²) in [4.78, 5) is 0. The number of nitrogens with one attached hydrogen (secondary N) is 1. The molecule has 108 valence electrons. The minimum Gasteiger partial charge on any atom is -0.375 e. The van der Waals surface area contributed by atoms with Gasteiger partial charge >= 0.3 is 0 Å². The fourth-order valence-electron chi connectivity index (χ4n) is 4.87. The Morgan fingerprint density at radius 1 is 1.00 bits per heavy atom. The summed E-state index contributed by atoms with van der Waals surface area (Å²) in [6.45, 7) is 2.35. The van der Waals surface area contributed by atoms with Gasteiger partial charge in [-0.3, -0.25) is 0 Å². The van der Waals surface area contributed by atoms with E-state index in [2.05, 4.69) is 5.32 Å². The summed E-state index contributed by atoms with van der Waals surface area (Å²) in [5.41, 5.74) is 0.326. The molecule has 0 radical (unpaired) electrons. The van der Waals surface area contributed by atoms with Crippen LogP contribution in [0.2, 0.25) is 0 Å². The van der Waals surface area contributed by atoms with Gasteiger partial charge in [0.25, 0.3) is 0 Å². The monoisotopic (exact) mass is 263 g/mol. The van der Waals surface area contributed by atoms with E-state index < -0.39 is 0 Å². The van der Waals surface area contributed by atoms with E-state index in [1.807, 2.05) is 0 Å². The summed E-state index contributed by atoms with van der Waals surface area (Å²) in [5, 5.41) is 3.76. The average molecular weight is 263 g/mol. The van der Waals surface area contributed by atoms with Crippen LogP contribution in [-0.4, -0.2) is 24.8 Å². The van der Waals surface area contributed by atoms with Crippen LogP contribution < -0.4 is 5.32 Å². The number of hydrogen-bond acceptors (Lipinski definition) is 2. The van der Waals surface area contributed by atoms with Gasteiger partial charge in [0.05, 0.1) is 5.60 Å². The molecule has 0 bridgehead atoms. The molecule has 4 aliphatic rings. The van der Waals surface area contributed by atoms with Crippen LogP contribution in [0, 0.1) is 17.8 Å². The van der Waals surface area contributed by atoms with Crippen molar-refractivity contribution < 1.29 is 4.74 Å². The maximum absolute atomic E-state index is 6.20. The Labute approximate surface area is 117 Å². The molecule has 4 rings (SSSR count). The maximum Gasteiger partial charge on any atom is 0.0685 e. The lowest BCUT2D eigenvalue weighted by Gasteiger charge is -2.48. The highest BCUT2D eigenvalue weighted by atomic mass is 16.5. The molecule has 1 heterocycles. The van der Waals surface area contributed by atoms with Gasteiger partial charge in [0.2, 0.25) is 0 Å². The zero-order valence-corrected chi connectivity index (χ0v) is 12.2. The van der Waals surface area contributed by atoms with Crippen molar-refractivity contribution in [1.82, 2.24) is 5.32 Å². The fourth-order valence-corrected chi connectivity index (χ4v) is 4.87. The molecule has 3 atom stereocenters. The Balaban J connectivity index is 1.33. The van der Waals surface area contributed by atoms with E-state index in [1.165, 1.54) is 70.8 Å². The van der Waals surface area contributed by atoms with Gasteiger partial charge in [-0.05, 0) is 75.7 Å². The highest BCUT2D eigenvalue weighted by Crippen LogP contribution is 2.49. The molecule has 1 aliphatic heterocycles. The Kier molecular flexibility index (Phi) is 3.35. The van der Waals surface area contributed by atoms with Crippen molar-refractivity contribution in [3.8, 4) is 0 Å². The molecule has 1 spiro atoms. The molecule has 0 amide bonds. The van der Waals surface area contributed by atoms with E-state index in [0.717, 1.165) is 30.4 Å². The Bertz CT molecular complexity index is 319. The first-order chi connectivity index (χ1) is 9.35. The predicted octanol–water partition coefficient (Wildman–Crippen LogP) is 3.50. The van der Waals surface area contributed by atoms with E-state index in [4.69, 9.17) is 4.74 Å². The predicted molar refractivity (Wildman–Crippen MR) is 77.1 cm³/mol. The summed E-state index contributed by atoms with van der Waals surface area (Å²) in [5.74, 6) is 2.99. The van der Waals surface area contributed by atoms with E-state index in [1.54, 1.807) is 0 Å². The topological polar surface area (TPSA) is 21.3 Å². The third-order valence-corrected chi connectivity index (χ3v) is 6.37. The molecule has 4 fully saturated rings. The van der Waals surface area contributed by atoms with Crippen molar-refractivity contribution in [3.63, 3.8) is 0 Å². The molecular formula is C17H29NO. The van der Waals surface area contributed by atoms with Crippen LogP contribution in [0.3, 0.4) is 0 Å². The van der Waals surface area contributed by atoms with Crippen LogP contribution in [0.4, 0.5) is 0 Å². The quantitative estimate of drug-likeness (QED) is 0.838. The molecule has 1 saturated heterocycles. The highest BCUT2D eigenvalue weighted by Gasteiger charge is 2.45. The minimum absolute atomic E-state index is 0.326. The highest BCUT2D eigenvalue weighted by molar-refractivity contribution is 4.97. The van der Waals surface area contributed by atoms with Gasteiger partial charge < -0.3 is 10.1 Å². The minimum atomic E-state index is 0.326. The van der Waals surface area contributed by atoms with E-state index in [0.29, 0.717) is 5.60 Å². The summed E-state index contributed by atoms with van der Waals surface area (Å²) in [6, 6.07) is 0.886. The zero-order valence-electron chi connectivity index (χ0n) is 12.2. The molecule has 1 N–H and O–H groups in total. The SMILES string of the molecule is C1CCC2(C1)CC(C1CCC1CNC1CC1)CCO2. The van der Waals surface area contributed by atoms with Crippen LogP contribution in [0.15, 0.2) is 0 Å². The summed E-state index contributed by atoms with van der Waals surface area (Å²) < 4.78 is 6.20. The first-order valence-corrected chi connectivity index (χ1v) is 8.72. The molecule has 19 heavy (non-hydrogen) atoms. The van der Waals surface area contributed by atoms with E-state index >= 15 is 0 Å². The number of rotatable bonds is 4. The molecule has 3 unspecified atom stereocenters. The van der Waals surface area contributed by atoms with Crippen molar-refractivity contribution in [1.29, 1.82) is 0 Å². The van der Waals surface area contributed by atoms with Gasteiger partial charge in [0, 0.05) is 12.6 Å². The van der Waals surface area contributed by atoms with Crippen LogP contribution in [0.1, 0.15) is 64.2 Å². The van der Waals surface area contributed by atoms with Crippen molar-refractivity contribution >= 4 is 0 Å². The molecule has 0 aromatic rings. The number of ether oxygens (including phenoxy) is 1. The molecular weight excluding hydrogens is 234 g/mol. The maximum atomic E-state index is 6.20. The van der Waals surface area contributed by atoms with Crippen molar-refractivity contribution in [2.75, 3.05) is 13.2 Å². The Morgan fingerprint density at radius 2 is 1.84 bits per heavy atom. The standard InChI is InChI=1S/C17H29NO/c1-2-9-17(8-1)11-13(7-10-19-17)16-6-3-14(16)12-18-15-4-5-15/h13-16,18H,1-12H2. The lowest BCUT2D eigenvalue weighted by molar-refractivity contribution is -0.114. The van der Waals surface area contributed by atoms with Crippen molar-refractivity contribution in [2.24, 2.45) is 17.8 Å². The molecule has 0 aromatic carbocycles. The second-order valence-corrected chi connectivity index (χ2v) is 7.68. The first kappa shape index (κ1) is 12.6. The lowest BCUT2D eigenvalue weighted by Crippen LogP contribution is -2.46. The Hall–Kier alpha value is -0.0800. The van der Waals surface area contributed by atoms with Crippen LogP contribution in [0.5, 0.6) is 0 Å². The van der Waals surface area contributed by atoms with Crippen LogP contribution in [-0.2, 0) is 4.74 Å².